The van der Waals surface area contributed by atoms with E-state index in [1.54, 1.807) is 17.4 Å². The van der Waals surface area contributed by atoms with Crippen LogP contribution in [0.15, 0.2) is 23.6 Å². The molecule has 0 unspecified atom stereocenters. The second-order valence-electron chi connectivity index (χ2n) is 4.00. The van der Waals surface area contributed by atoms with Crippen LogP contribution < -0.4 is 0 Å². The van der Waals surface area contributed by atoms with Crippen LogP contribution in [0.4, 0.5) is 4.39 Å². The molecule has 1 heterocycles. The summed E-state index contributed by atoms with van der Waals surface area (Å²) in [6.07, 6.45) is 1.03. The molecule has 0 aliphatic rings. The maximum absolute atomic E-state index is 13.0. The smallest absolute Gasteiger partial charge is 0.123 e. The van der Waals surface area contributed by atoms with Crippen molar-refractivity contribution in [3.05, 3.63) is 35.0 Å². The van der Waals surface area contributed by atoms with Crippen molar-refractivity contribution in [2.45, 2.75) is 20.3 Å². The Balaban J connectivity index is 2.50. The molecule has 0 atom stereocenters. The second-order valence-corrected chi connectivity index (χ2v) is 4.91. The summed E-state index contributed by atoms with van der Waals surface area (Å²) in [5.74, 6) is 0.483. The van der Waals surface area contributed by atoms with Gasteiger partial charge in [-0.1, -0.05) is 13.8 Å². The van der Waals surface area contributed by atoms with Gasteiger partial charge in [0.25, 0.3) is 0 Å². The third-order valence-corrected chi connectivity index (χ3v) is 3.26. The molecule has 0 saturated carbocycles. The Morgan fingerprint density at radius 3 is 2.86 bits per heavy atom. The first-order valence-corrected chi connectivity index (χ1v) is 5.70. The number of halogens is 1. The maximum Gasteiger partial charge on any atom is 0.123 e. The predicted molar refractivity (Wildman–Crippen MR) is 60.3 cm³/mol. The van der Waals surface area contributed by atoms with Crippen LogP contribution in [0, 0.1) is 11.7 Å². The van der Waals surface area contributed by atoms with Crippen molar-refractivity contribution in [2.24, 2.45) is 5.92 Å². The van der Waals surface area contributed by atoms with Gasteiger partial charge in [-0.15, -0.1) is 11.3 Å². The van der Waals surface area contributed by atoms with Crippen LogP contribution in [0.5, 0.6) is 0 Å². The van der Waals surface area contributed by atoms with E-state index in [-0.39, 0.29) is 5.82 Å². The molecular weight excluding hydrogens is 195 g/mol. The first-order valence-electron chi connectivity index (χ1n) is 4.82. The van der Waals surface area contributed by atoms with Gasteiger partial charge in [-0.05, 0) is 46.9 Å². The van der Waals surface area contributed by atoms with Gasteiger partial charge >= 0.3 is 0 Å². The third-order valence-electron chi connectivity index (χ3n) is 2.24. The zero-order valence-corrected chi connectivity index (χ0v) is 9.20. The van der Waals surface area contributed by atoms with Crippen molar-refractivity contribution < 1.29 is 4.39 Å². The van der Waals surface area contributed by atoms with Crippen LogP contribution in [-0.2, 0) is 6.42 Å². The second kappa shape index (κ2) is 3.70. The molecule has 0 aliphatic heterocycles. The first kappa shape index (κ1) is 9.66. The lowest BCUT2D eigenvalue weighted by molar-refractivity contribution is 0.628. The molecule has 0 amide bonds. The van der Waals surface area contributed by atoms with Crippen LogP contribution in [0.1, 0.15) is 19.4 Å². The lowest BCUT2D eigenvalue weighted by Gasteiger charge is -2.02. The highest BCUT2D eigenvalue weighted by Gasteiger charge is 2.06. The number of fused-ring (bicyclic) bond motifs is 1. The van der Waals surface area contributed by atoms with Crippen molar-refractivity contribution in [3.63, 3.8) is 0 Å². The van der Waals surface area contributed by atoms with Crippen molar-refractivity contribution in [3.8, 4) is 0 Å². The van der Waals surface area contributed by atoms with Crippen molar-refractivity contribution in [2.75, 3.05) is 0 Å². The molecule has 0 spiro atoms. The van der Waals surface area contributed by atoms with Crippen LogP contribution in [0.3, 0.4) is 0 Å². The topological polar surface area (TPSA) is 0 Å². The van der Waals surface area contributed by atoms with Crippen LogP contribution in [0.25, 0.3) is 10.1 Å². The molecule has 0 fully saturated rings. The fourth-order valence-electron chi connectivity index (χ4n) is 1.65. The number of benzene rings is 1. The maximum atomic E-state index is 13.0. The van der Waals surface area contributed by atoms with E-state index in [0.29, 0.717) is 5.92 Å². The van der Waals surface area contributed by atoms with Gasteiger partial charge in [0.15, 0.2) is 0 Å². The molecule has 1 aromatic heterocycles. The van der Waals surface area contributed by atoms with Crippen LogP contribution in [-0.4, -0.2) is 0 Å². The van der Waals surface area contributed by atoms with E-state index < -0.39 is 0 Å². The zero-order valence-electron chi connectivity index (χ0n) is 8.38. The van der Waals surface area contributed by atoms with E-state index >= 15 is 0 Å². The van der Waals surface area contributed by atoms with Gasteiger partial charge < -0.3 is 0 Å². The van der Waals surface area contributed by atoms with Gasteiger partial charge in [-0.2, -0.15) is 0 Å². The minimum absolute atomic E-state index is 0.138. The van der Waals surface area contributed by atoms with Gasteiger partial charge in [0.05, 0.1) is 0 Å². The fraction of sp³-hybridized carbons (Fsp3) is 0.333. The summed E-state index contributed by atoms with van der Waals surface area (Å²) in [4.78, 5) is 0. The van der Waals surface area contributed by atoms with E-state index in [4.69, 9.17) is 0 Å². The molecule has 0 aliphatic carbocycles. The van der Waals surface area contributed by atoms with Gasteiger partial charge in [0, 0.05) is 4.70 Å². The van der Waals surface area contributed by atoms with Gasteiger partial charge in [-0.3, -0.25) is 0 Å². The third kappa shape index (κ3) is 1.80. The Morgan fingerprint density at radius 1 is 1.36 bits per heavy atom. The average molecular weight is 208 g/mol. The molecule has 1 aromatic carbocycles. The Labute approximate surface area is 87.4 Å². The lowest BCUT2D eigenvalue weighted by Crippen LogP contribution is -1.92. The van der Waals surface area contributed by atoms with Crippen LogP contribution in [0.2, 0.25) is 0 Å². The summed E-state index contributed by atoms with van der Waals surface area (Å²) in [5.41, 5.74) is 1.28. The Bertz CT molecular complexity index is 443. The van der Waals surface area contributed by atoms with Gasteiger partial charge in [0.2, 0.25) is 0 Å². The largest absolute Gasteiger partial charge is 0.207 e. The Hall–Kier alpha value is -0.890. The van der Waals surface area contributed by atoms with E-state index in [1.807, 2.05) is 6.07 Å². The molecule has 74 valence electrons. The number of hydrogen-bond acceptors (Lipinski definition) is 1. The summed E-state index contributed by atoms with van der Waals surface area (Å²) < 4.78 is 14.2. The highest BCUT2D eigenvalue weighted by molar-refractivity contribution is 7.17. The standard InChI is InChI=1S/C12H13FS/c1-8(2)5-9-7-14-12-4-3-10(13)6-11(9)12/h3-4,6-8H,5H2,1-2H3. The number of rotatable bonds is 2. The molecule has 0 radical (unpaired) electrons. The monoisotopic (exact) mass is 208 g/mol. The quantitative estimate of drug-likeness (QED) is 0.692. The number of hydrogen-bond donors (Lipinski definition) is 0. The molecule has 0 bridgehead atoms. The summed E-state index contributed by atoms with van der Waals surface area (Å²) in [5, 5.41) is 3.23. The normalized spacial score (nSPS) is 11.4. The highest BCUT2D eigenvalue weighted by Crippen LogP contribution is 2.28. The van der Waals surface area contributed by atoms with E-state index in [2.05, 4.69) is 19.2 Å². The molecular formula is C12H13FS. The molecule has 0 nitrogen and oxygen atoms in total. The Kier molecular flexibility index (Phi) is 2.55. The van der Waals surface area contributed by atoms with Crippen LogP contribution >= 0.6 is 11.3 Å². The first-order chi connectivity index (χ1) is 6.66. The SMILES string of the molecule is CC(C)Cc1csc2ccc(F)cc12. The lowest BCUT2D eigenvalue weighted by atomic mass is 10.0. The van der Waals surface area contributed by atoms with E-state index in [1.165, 1.54) is 16.3 Å². The molecule has 14 heavy (non-hydrogen) atoms. The fourth-order valence-corrected chi connectivity index (χ4v) is 2.61. The highest BCUT2D eigenvalue weighted by atomic mass is 32.1. The molecule has 2 aromatic rings. The van der Waals surface area contributed by atoms with Gasteiger partial charge in [-0.25, -0.2) is 4.39 Å². The summed E-state index contributed by atoms with van der Waals surface area (Å²) in [7, 11) is 0. The molecule has 0 N–H and O–H groups in total. The number of thiophene rings is 1. The molecule has 2 rings (SSSR count). The average Bonchev–Trinajstić information content (AvgIpc) is 2.47. The summed E-state index contributed by atoms with van der Waals surface area (Å²) in [6, 6.07) is 5.03. The minimum atomic E-state index is -0.138. The summed E-state index contributed by atoms with van der Waals surface area (Å²) >= 11 is 1.70. The van der Waals surface area contributed by atoms with Crippen molar-refractivity contribution >= 4 is 21.4 Å². The molecule has 0 saturated heterocycles. The minimum Gasteiger partial charge on any atom is -0.207 e. The van der Waals surface area contributed by atoms with Crippen molar-refractivity contribution in [1.82, 2.24) is 0 Å². The van der Waals surface area contributed by atoms with E-state index in [0.717, 1.165) is 11.8 Å². The molecule has 2 heteroatoms. The van der Waals surface area contributed by atoms with Crippen molar-refractivity contribution in [1.29, 1.82) is 0 Å². The predicted octanol–water partition coefficient (Wildman–Crippen LogP) is 4.24. The van der Waals surface area contributed by atoms with Gasteiger partial charge in [0.1, 0.15) is 5.82 Å². The summed E-state index contributed by atoms with van der Waals surface area (Å²) in [6.45, 7) is 4.37. The Morgan fingerprint density at radius 2 is 2.14 bits per heavy atom. The van der Waals surface area contributed by atoms with E-state index in [9.17, 15) is 4.39 Å². The zero-order chi connectivity index (χ0) is 10.1.